The minimum absolute atomic E-state index is 0.0687. The quantitative estimate of drug-likeness (QED) is 0.401. The smallest absolute Gasteiger partial charge is 0.225 e. The number of nitrogens with zero attached hydrogens (tertiary/aromatic N) is 2. The number of nitrogens with one attached hydrogen (secondary N) is 3. The maximum atomic E-state index is 11.8. The normalized spacial score (nSPS) is 23.2. The number of likely N-dealkylation sites (tertiary alicyclic amines) is 1. The van der Waals surface area contributed by atoms with Gasteiger partial charge in [0.25, 0.3) is 0 Å². The van der Waals surface area contributed by atoms with Gasteiger partial charge in [-0.05, 0) is 19.8 Å². The van der Waals surface area contributed by atoms with Gasteiger partial charge in [-0.15, -0.1) is 0 Å². The van der Waals surface area contributed by atoms with Crippen LogP contribution in [0.4, 0.5) is 0 Å². The molecular formula is C17H35N5O. The van der Waals surface area contributed by atoms with Crippen molar-refractivity contribution in [1.82, 2.24) is 20.9 Å². The van der Waals surface area contributed by atoms with Crippen LogP contribution in [0.25, 0.3) is 0 Å². The van der Waals surface area contributed by atoms with Crippen molar-refractivity contribution in [2.75, 3.05) is 33.2 Å². The Bertz CT molecular complexity index is 414. The third-order valence-electron chi connectivity index (χ3n) is 4.30. The number of guanidine groups is 1. The molecule has 1 saturated heterocycles. The lowest BCUT2D eigenvalue weighted by molar-refractivity contribution is -0.128. The zero-order valence-electron chi connectivity index (χ0n) is 15.9. The molecule has 1 rings (SSSR count). The molecule has 6 heteroatoms. The third-order valence-corrected chi connectivity index (χ3v) is 4.30. The van der Waals surface area contributed by atoms with Gasteiger partial charge in [-0.2, -0.15) is 0 Å². The van der Waals surface area contributed by atoms with Gasteiger partial charge in [0.15, 0.2) is 5.96 Å². The molecule has 1 fully saturated rings. The number of carbonyl (C=O) groups excluding carboxylic acids is 1. The fourth-order valence-corrected chi connectivity index (χ4v) is 2.61. The van der Waals surface area contributed by atoms with Crippen LogP contribution in [0.5, 0.6) is 0 Å². The Labute approximate surface area is 141 Å². The molecule has 0 radical (unpaired) electrons. The Morgan fingerprint density at radius 2 is 1.83 bits per heavy atom. The van der Waals surface area contributed by atoms with E-state index in [0.717, 1.165) is 19.0 Å². The van der Waals surface area contributed by atoms with Crippen molar-refractivity contribution in [1.29, 1.82) is 0 Å². The van der Waals surface area contributed by atoms with Gasteiger partial charge in [-0.3, -0.25) is 14.7 Å². The molecule has 3 N–H and O–H groups in total. The molecule has 23 heavy (non-hydrogen) atoms. The fraction of sp³-hybridized carbons (Fsp3) is 0.882. The number of rotatable bonds is 5. The summed E-state index contributed by atoms with van der Waals surface area (Å²) >= 11 is 0. The van der Waals surface area contributed by atoms with Crippen LogP contribution in [0.15, 0.2) is 4.99 Å². The minimum Gasteiger partial charge on any atom is -0.355 e. The van der Waals surface area contributed by atoms with Crippen molar-refractivity contribution in [2.24, 2.45) is 16.3 Å². The van der Waals surface area contributed by atoms with Gasteiger partial charge in [-0.1, -0.05) is 27.7 Å². The van der Waals surface area contributed by atoms with Crippen molar-refractivity contribution < 1.29 is 4.79 Å². The minimum atomic E-state index is -0.348. The number of carbonyl (C=O) groups is 1. The van der Waals surface area contributed by atoms with E-state index >= 15 is 0 Å². The predicted octanol–water partition coefficient (Wildman–Crippen LogP) is 1.04. The van der Waals surface area contributed by atoms with E-state index in [9.17, 15) is 4.79 Å². The number of hydrogen-bond acceptors (Lipinski definition) is 3. The first kappa shape index (κ1) is 19.7. The highest BCUT2D eigenvalue weighted by atomic mass is 16.2. The van der Waals surface area contributed by atoms with Crippen LogP contribution < -0.4 is 16.0 Å². The Hall–Kier alpha value is -1.30. The molecule has 0 aromatic heterocycles. The van der Waals surface area contributed by atoms with Crippen LogP contribution in [0, 0.1) is 11.3 Å². The summed E-state index contributed by atoms with van der Waals surface area (Å²) in [6.07, 6.45) is 0. The molecule has 0 aromatic carbocycles. The fourth-order valence-electron chi connectivity index (χ4n) is 2.61. The zero-order chi connectivity index (χ0) is 17.6. The largest absolute Gasteiger partial charge is 0.355 e. The number of aliphatic imine (C=N–C) groups is 1. The highest BCUT2D eigenvalue weighted by Gasteiger charge is 2.31. The molecule has 2 atom stereocenters. The Balaban J connectivity index is 2.34. The summed E-state index contributed by atoms with van der Waals surface area (Å²) < 4.78 is 0. The molecule has 134 valence electrons. The number of amides is 1. The molecule has 0 saturated carbocycles. The highest BCUT2D eigenvalue weighted by Crippen LogP contribution is 2.18. The van der Waals surface area contributed by atoms with Crippen molar-refractivity contribution in [2.45, 2.75) is 53.6 Å². The number of hydrogen-bond donors (Lipinski definition) is 3. The van der Waals surface area contributed by atoms with E-state index in [-0.39, 0.29) is 11.3 Å². The molecular weight excluding hydrogens is 290 g/mol. The summed E-state index contributed by atoms with van der Waals surface area (Å²) in [5.74, 6) is 1.47. The van der Waals surface area contributed by atoms with Gasteiger partial charge in [0.05, 0.1) is 0 Å². The average Bonchev–Trinajstić information content (AvgIpc) is 2.82. The second-order valence-corrected chi connectivity index (χ2v) is 7.78. The van der Waals surface area contributed by atoms with E-state index in [4.69, 9.17) is 0 Å². The van der Waals surface area contributed by atoms with Crippen LogP contribution in [-0.4, -0.2) is 62.1 Å². The van der Waals surface area contributed by atoms with Crippen LogP contribution in [0.2, 0.25) is 0 Å². The summed E-state index contributed by atoms with van der Waals surface area (Å²) in [7, 11) is 1.78. The van der Waals surface area contributed by atoms with Gasteiger partial charge in [0, 0.05) is 50.7 Å². The third kappa shape index (κ3) is 6.37. The van der Waals surface area contributed by atoms with E-state index in [2.05, 4.69) is 46.6 Å². The summed E-state index contributed by atoms with van der Waals surface area (Å²) in [6, 6.07) is 0.986. The van der Waals surface area contributed by atoms with Crippen LogP contribution in [0.1, 0.15) is 41.5 Å². The molecule has 1 amide bonds. The highest BCUT2D eigenvalue weighted by molar-refractivity contribution is 5.82. The topological polar surface area (TPSA) is 68.8 Å². The maximum Gasteiger partial charge on any atom is 0.225 e. The van der Waals surface area contributed by atoms with E-state index < -0.39 is 0 Å². The second kappa shape index (κ2) is 8.52. The molecule has 0 aromatic rings. The molecule has 0 aliphatic carbocycles. The first-order chi connectivity index (χ1) is 10.6. The Morgan fingerprint density at radius 3 is 2.30 bits per heavy atom. The van der Waals surface area contributed by atoms with Gasteiger partial charge in [0.1, 0.15) is 0 Å². The van der Waals surface area contributed by atoms with E-state index in [1.54, 1.807) is 7.05 Å². The summed E-state index contributed by atoms with van der Waals surface area (Å²) in [4.78, 5) is 18.6. The van der Waals surface area contributed by atoms with E-state index in [0.29, 0.717) is 31.1 Å². The van der Waals surface area contributed by atoms with Crippen molar-refractivity contribution in [3.05, 3.63) is 0 Å². The average molecular weight is 326 g/mol. The first-order valence-corrected chi connectivity index (χ1v) is 8.64. The van der Waals surface area contributed by atoms with Crippen molar-refractivity contribution in [3.63, 3.8) is 0 Å². The lowest BCUT2D eigenvalue weighted by atomic mass is 9.96. The molecule has 1 aliphatic rings. The van der Waals surface area contributed by atoms with E-state index in [1.807, 2.05) is 20.8 Å². The van der Waals surface area contributed by atoms with Gasteiger partial charge in [0.2, 0.25) is 5.91 Å². The molecule has 0 spiro atoms. The van der Waals surface area contributed by atoms with Gasteiger partial charge < -0.3 is 16.0 Å². The molecule has 6 nitrogen and oxygen atoms in total. The molecule has 2 unspecified atom stereocenters. The van der Waals surface area contributed by atoms with Gasteiger partial charge >= 0.3 is 0 Å². The van der Waals surface area contributed by atoms with Crippen molar-refractivity contribution in [3.8, 4) is 0 Å². The monoisotopic (exact) mass is 325 g/mol. The Kier molecular flexibility index (Phi) is 7.32. The zero-order valence-corrected chi connectivity index (χ0v) is 15.9. The predicted molar refractivity (Wildman–Crippen MR) is 96.6 cm³/mol. The second-order valence-electron chi connectivity index (χ2n) is 7.78. The van der Waals surface area contributed by atoms with Gasteiger partial charge in [-0.25, -0.2) is 0 Å². The lowest BCUT2D eigenvalue weighted by Crippen LogP contribution is -2.48. The van der Waals surface area contributed by atoms with Crippen LogP contribution in [-0.2, 0) is 4.79 Å². The van der Waals surface area contributed by atoms with Crippen molar-refractivity contribution >= 4 is 11.9 Å². The van der Waals surface area contributed by atoms with E-state index in [1.165, 1.54) is 0 Å². The lowest BCUT2D eigenvalue weighted by Gasteiger charge is -2.22. The molecule has 1 heterocycles. The summed E-state index contributed by atoms with van der Waals surface area (Å²) in [5, 5.41) is 9.71. The molecule has 0 bridgehead atoms. The maximum absolute atomic E-state index is 11.8. The Morgan fingerprint density at radius 1 is 1.22 bits per heavy atom. The standard InChI is InChI=1S/C17H35N5O/c1-12(2)22-10-13(3)14(11-22)21-16(18-7)20-9-8-19-15(23)17(4,5)6/h12-14H,8-11H2,1-7H3,(H,19,23)(H2,18,20,21). The summed E-state index contributed by atoms with van der Waals surface area (Å²) in [6.45, 7) is 15.9. The molecule has 1 aliphatic heterocycles. The SMILES string of the molecule is CN=C(NCCNC(=O)C(C)(C)C)NC1CN(C(C)C)CC1C. The first-order valence-electron chi connectivity index (χ1n) is 8.64. The summed E-state index contributed by atoms with van der Waals surface area (Å²) in [5.41, 5.74) is -0.348. The van der Waals surface area contributed by atoms with Crippen LogP contribution in [0.3, 0.4) is 0 Å². The van der Waals surface area contributed by atoms with Crippen LogP contribution >= 0.6 is 0 Å².